The van der Waals surface area contributed by atoms with E-state index in [0.29, 0.717) is 5.92 Å². The van der Waals surface area contributed by atoms with Crippen molar-refractivity contribution in [3.05, 3.63) is 22.9 Å². The summed E-state index contributed by atoms with van der Waals surface area (Å²) in [5.74, 6) is 0.625. The van der Waals surface area contributed by atoms with Gasteiger partial charge < -0.3 is 0 Å². The molecule has 0 radical (unpaired) electrons. The molecule has 86 valence electrons. The highest BCUT2D eigenvalue weighted by atomic mass is 16.1. The number of aromatic nitrogens is 2. The number of nitrogens with zero attached hydrogens (tertiary/aromatic N) is 2. The van der Waals surface area contributed by atoms with Gasteiger partial charge in [0.15, 0.2) is 0 Å². The quantitative estimate of drug-likeness (QED) is 0.708. The summed E-state index contributed by atoms with van der Waals surface area (Å²) < 4.78 is 3.63. The van der Waals surface area contributed by atoms with Crippen LogP contribution < -0.4 is 5.69 Å². The number of hydrogen-bond acceptors (Lipinski definition) is 1. The Morgan fingerprint density at radius 3 is 2.27 bits per heavy atom. The minimum absolute atomic E-state index is 0.142. The zero-order valence-corrected chi connectivity index (χ0v) is 10.1. The molecule has 0 aliphatic heterocycles. The van der Waals surface area contributed by atoms with Crippen molar-refractivity contribution in [2.45, 2.75) is 53.1 Å². The summed E-state index contributed by atoms with van der Waals surface area (Å²) in [5.41, 5.74) is 0.142. The summed E-state index contributed by atoms with van der Waals surface area (Å²) in [6.45, 7) is 8.15. The van der Waals surface area contributed by atoms with Crippen molar-refractivity contribution in [2.75, 3.05) is 0 Å². The van der Waals surface area contributed by atoms with Crippen LogP contribution in [0, 0.1) is 5.92 Å². The van der Waals surface area contributed by atoms with Gasteiger partial charge in [0.1, 0.15) is 0 Å². The summed E-state index contributed by atoms with van der Waals surface area (Å²) in [6.07, 6.45) is 7.10. The minimum Gasteiger partial charge on any atom is -0.299 e. The molecule has 0 bridgehead atoms. The van der Waals surface area contributed by atoms with Gasteiger partial charge in [0, 0.05) is 25.5 Å². The molecule has 0 N–H and O–H groups in total. The molecule has 3 nitrogen and oxygen atoms in total. The summed E-state index contributed by atoms with van der Waals surface area (Å²) in [5, 5.41) is 0. The molecule has 0 unspecified atom stereocenters. The highest BCUT2D eigenvalue weighted by Gasteiger charge is 2.07. The molecule has 0 fully saturated rings. The highest BCUT2D eigenvalue weighted by molar-refractivity contribution is 4.82. The maximum Gasteiger partial charge on any atom is 0.328 e. The van der Waals surface area contributed by atoms with E-state index >= 15 is 0 Å². The lowest BCUT2D eigenvalue weighted by atomic mass is 10.0. The molecular weight excluding hydrogens is 188 g/mol. The van der Waals surface area contributed by atoms with E-state index in [1.165, 1.54) is 0 Å². The van der Waals surface area contributed by atoms with E-state index in [9.17, 15) is 4.79 Å². The lowest BCUT2D eigenvalue weighted by Crippen LogP contribution is -2.26. The van der Waals surface area contributed by atoms with Crippen LogP contribution in [0.5, 0.6) is 0 Å². The zero-order valence-electron chi connectivity index (χ0n) is 10.1. The Balaban J connectivity index is 2.74. The van der Waals surface area contributed by atoms with Crippen molar-refractivity contribution < 1.29 is 0 Å². The number of imidazole rings is 1. The average molecular weight is 210 g/mol. The molecule has 15 heavy (non-hydrogen) atoms. The average Bonchev–Trinajstić information content (AvgIpc) is 2.58. The molecule has 0 aromatic carbocycles. The summed E-state index contributed by atoms with van der Waals surface area (Å²) in [7, 11) is 0. The molecular formula is C12H22N2O. The molecule has 1 rings (SSSR count). The predicted molar refractivity (Wildman–Crippen MR) is 63.1 cm³/mol. The molecule has 0 atom stereocenters. The number of rotatable bonds is 6. The lowest BCUT2D eigenvalue weighted by Gasteiger charge is -2.11. The molecule has 0 saturated carbocycles. The van der Waals surface area contributed by atoms with Gasteiger partial charge in [-0.25, -0.2) is 4.79 Å². The van der Waals surface area contributed by atoms with E-state index in [1.54, 1.807) is 4.57 Å². The Kier molecular flexibility index (Phi) is 4.66. The highest BCUT2D eigenvalue weighted by Crippen LogP contribution is 2.09. The van der Waals surface area contributed by atoms with Gasteiger partial charge in [-0.2, -0.15) is 0 Å². The van der Waals surface area contributed by atoms with Crippen LogP contribution in [0.25, 0.3) is 0 Å². The van der Waals surface area contributed by atoms with Crippen molar-refractivity contribution in [1.29, 1.82) is 0 Å². The van der Waals surface area contributed by atoms with Gasteiger partial charge in [-0.05, 0) is 12.3 Å². The summed E-state index contributed by atoms with van der Waals surface area (Å²) >= 11 is 0. The van der Waals surface area contributed by atoms with Crippen LogP contribution >= 0.6 is 0 Å². The van der Waals surface area contributed by atoms with Crippen LogP contribution in [0.2, 0.25) is 0 Å². The Bertz CT molecular complexity index is 334. The fraction of sp³-hybridized carbons (Fsp3) is 0.750. The summed E-state index contributed by atoms with van der Waals surface area (Å²) in [6, 6.07) is 0. The smallest absolute Gasteiger partial charge is 0.299 e. The molecule has 0 aliphatic carbocycles. The third-order valence-corrected chi connectivity index (χ3v) is 2.99. The first-order valence-electron chi connectivity index (χ1n) is 5.98. The third-order valence-electron chi connectivity index (χ3n) is 2.99. The van der Waals surface area contributed by atoms with Gasteiger partial charge in [-0.1, -0.05) is 33.6 Å². The monoisotopic (exact) mass is 210 g/mol. The Morgan fingerprint density at radius 1 is 1.13 bits per heavy atom. The fourth-order valence-electron chi connectivity index (χ4n) is 1.83. The van der Waals surface area contributed by atoms with Gasteiger partial charge >= 0.3 is 5.69 Å². The first-order valence-corrected chi connectivity index (χ1v) is 5.98. The van der Waals surface area contributed by atoms with Crippen molar-refractivity contribution >= 4 is 0 Å². The Labute approximate surface area is 91.7 Å². The van der Waals surface area contributed by atoms with Crippen LogP contribution in [0.4, 0.5) is 0 Å². The third kappa shape index (κ3) is 2.98. The van der Waals surface area contributed by atoms with Gasteiger partial charge in [-0.15, -0.1) is 0 Å². The van der Waals surface area contributed by atoms with Crippen LogP contribution in [-0.2, 0) is 13.1 Å². The van der Waals surface area contributed by atoms with Crippen LogP contribution in [0.1, 0.15) is 40.0 Å². The van der Waals surface area contributed by atoms with E-state index in [2.05, 4.69) is 20.8 Å². The second-order valence-electron chi connectivity index (χ2n) is 4.11. The largest absolute Gasteiger partial charge is 0.328 e. The normalized spacial score (nSPS) is 11.2. The SMILES string of the molecule is CCCn1ccn(CC(CC)CC)c1=O. The standard InChI is InChI=1S/C12H22N2O/c1-4-7-13-8-9-14(12(13)15)10-11(5-2)6-3/h8-9,11H,4-7,10H2,1-3H3. The van der Waals surface area contributed by atoms with Gasteiger partial charge in [0.05, 0.1) is 0 Å². The maximum absolute atomic E-state index is 11.9. The van der Waals surface area contributed by atoms with E-state index < -0.39 is 0 Å². The first kappa shape index (κ1) is 12.1. The van der Waals surface area contributed by atoms with Crippen LogP contribution in [-0.4, -0.2) is 9.13 Å². The molecule has 0 spiro atoms. The Hall–Kier alpha value is -0.990. The van der Waals surface area contributed by atoms with E-state index in [1.807, 2.05) is 17.0 Å². The van der Waals surface area contributed by atoms with Crippen molar-refractivity contribution in [3.8, 4) is 0 Å². The zero-order chi connectivity index (χ0) is 11.3. The lowest BCUT2D eigenvalue weighted by molar-refractivity contribution is 0.408. The summed E-state index contributed by atoms with van der Waals surface area (Å²) in [4.78, 5) is 11.9. The molecule has 1 heterocycles. The topological polar surface area (TPSA) is 26.9 Å². The van der Waals surface area contributed by atoms with E-state index in [4.69, 9.17) is 0 Å². The predicted octanol–water partition coefficient (Wildman–Crippen LogP) is 2.50. The molecule has 0 aliphatic rings. The van der Waals surface area contributed by atoms with Crippen molar-refractivity contribution in [2.24, 2.45) is 5.92 Å². The van der Waals surface area contributed by atoms with Crippen LogP contribution in [0.3, 0.4) is 0 Å². The van der Waals surface area contributed by atoms with E-state index in [-0.39, 0.29) is 5.69 Å². The maximum atomic E-state index is 11.9. The second kappa shape index (κ2) is 5.79. The number of aryl methyl sites for hydroxylation is 1. The first-order chi connectivity index (χ1) is 7.22. The Morgan fingerprint density at radius 2 is 1.73 bits per heavy atom. The molecule has 1 aromatic rings. The van der Waals surface area contributed by atoms with Crippen molar-refractivity contribution in [3.63, 3.8) is 0 Å². The molecule has 0 saturated heterocycles. The minimum atomic E-state index is 0.142. The van der Waals surface area contributed by atoms with Gasteiger partial charge in [-0.3, -0.25) is 9.13 Å². The molecule has 1 aromatic heterocycles. The van der Waals surface area contributed by atoms with Gasteiger partial charge in [0.2, 0.25) is 0 Å². The second-order valence-corrected chi connectivity index (χ2v) is 4.11. The molecule has 3 heteroatoms. The van der Waals surface area contributed by atoms with E-state index in [0.717, 1.165) is 32.4 Å². The fourth-order valence-corrected chi connectivity index (χ4v) is 1.83. The van der Waals surface area contributed by atoms with Gasteiger partial charge in [0.25, 0.3) is 0 Å². The van der Waals surface area contributed by atoms with Crippen LogP contribution in [0.15, 0.2) is 17.2 Å². The number of hydrogen-bond donors (Lipinski definition) is 0. The van der Waals surface area contributed by atoms with Crippen molar-refractivity contribution in [1.82, 2.24) is 9.13 Å². The molecule has 0 amide bonds.